The normalized spacial score (nSPS) is 25.3. The molecule has 1 aliphatic rings. The van der Waals surface area contributed by atoms with E-state index in [0.717, 1.165) is 30.0 Å². The van der Waals surface area contributed by atoms with Gasteiger partial charge in [-0.1, -0.05) is 12.8 Å². The number of hydrogen-bond acceptors (Lipinski definition) is 4. The minimum atomic E-state index is 0.206. The third kappa shape index (κ3) is 1.80. The first kappa shape index (κ1) is 10.7. The highest BCUT2D eigenvalue weighted by atomic mass is 15.3. The third-order valence-corrected chi connectivity index (χ3v) is 3.61. The molecule has 0 radical (unpaired) electrons. The summed E-state index contributed by atoms with van der Waals surface area (Å²) in [5, 5.41) is 8.51. The van der Waals surface area contributed by atoms with Crippen molar-refractivity contribution in [3.05, 3.63) is 23.9 Å². The average molecular weight is 231 g/mol. The van der Waals surface area contributed by atoms with E-state index in [2.05, 4.69) is 15.2 Å². The Bertz CT molecular complexity index is 533. The molecule has 2 aromatic heterocycles. The standard InChI is InChI=1S/C12H17N5/c1-8-6-11-15-16-12(17(11)7-14-8)9-4-2-3-5-10(9)13/h6-7,9-10H,2-5,13H2,1H3. The van der Waals surface area contributed by atoms with Crippen LogP contribution in [0.2, 0.25) is 0 Å². The summed E-state index contributed by atoms with van der Waals surface area (Å²) in [4.78, 5) is 4.30. The smallest absolute Gasteiger partial charge is 0.163 e. The first-order valence-electron chi connectivity index (χ1n) is 6.18. The summed E-state index contributed by atoms with van der Waals surface area (Å²) < 4.78 is 1.98. The lowest BCUT2D eigenvalue weighted by Crippen LogP contribution is -2.32. The van der Waals surface area contributed by atoms with Crippen LogP contribution >= 0.6 is 0 Å². The number of aromatic nitrogens is 4. The molecule has 1 fully saturated rings. The van der Waals surface area contributed by atoms with Crippen LogP contribution in [-0.2, 0) is 0 Å². The number of hydrogen-bond donors (Lipinski definition) is 1. The lowest BCUT2D eigenvalue weighted by atomic mass is 9.84. The van der Waals surface area contributed by atoms with Crippen molar-refractivity contribution in [3.63, 3.8) is 0 Å². The Morgan fingerprint density at radius 1 is 1.29 bits per heavy atom. The van der Waals surface area contributed by atoms with Gasteiger partial charge >= 0.3 is 0 Å². The largest absolute Gasteiger partial charge is 0.327 e. The van der Waals surface area contributed by atoms with E-state index < -0.39 is 0 Å². The molecule has 1 aliphatic carbocycles. The van der Waals surface area contributed by atoms with Crippen molar-refractivity contribution in [2.75, 3.05) is 0 Å². The van der Waals surface area contributed by atoms with E-state index in [1.165, 1.54) is 12.8 Å². The second-order valence-electron chi connectivity index (χ2n) is 4.87. The number of rotatable bonds is 1. The maximum atomic E-state index is 6.19. The Morgan fingerprint density at radius 2 is 2.12 bits per heavy atom. The van der Waals surface area contributed by atoms with Crippen molar-refractivity contribution in [1.82, 2.24) is 19.6 Å². The summed E-state index contributed by atoms with van der Waals surface area (Å²) in [5.74, 6) is 1.29. The molecule has 2 heterocycles. The van der Waals surface area contributed by atoms with Gasteiger partial charge in [-0.25, -0.2) is 4.98 Å². The Morgan fingerprint density at radius 3 is 2.94 bits per heavy atom. The Kier molecular flexibility index (Phi) is 2.55. The molecular formula is C12H17N5. The minimum absolute atomic E-state index is 0.206. The lowest BCUT2D eigenvalue weighted by Gasteiger charge is -2.26. The van der Waals surface area contributed by atoms with Gasteiger partial charge in [0.05, 0.1) is 0 Å². The van der Waals surface area contributed by atoms with E-state index >= 15 is 0 Å². The van der Waals surface area contributed by atoms with Gasteiger partial charge in [0.2, 0.25) is 0 Å². The van der Waals surface area contributed by atoms with Crippen molar-refractivity contribution in [1.29, 1.82) is 0 Å². The minimum Gasteiger partial charge on any atom is -0.327 e. The van der Waals surface area contributed by atoms with E-state index in [0.29, 0.717) is 5.92 Å². The molecule has 0 spiro atoms. The van der Waals surface area contributed by atoms with Crippen molar-refractivity contribution < 1.29 is 0 Å². The SMILES string of the molecule is Cc1cc2nnc(C3CCCCC3N)n2cn1. The van der Waals surface area contributed by atoms with E-state index in [4.69, 9.17) is 5.73 Å². The first-order valence-corrected chi connectivity index (χ1v) is 6.18. The summed E-state index contributed by atoms with van der Waals surface area (Å²) in [6, 6.07) is 2.16. The molecule has 0 saturated heterocycles. The molecule has 2 atom stereocenters. The summed E-state index contributed by atoms with van der Waals surface area (Å²) >= 11 is 0. The molecule has 5 nitrogen and oxygen atoms in total. The molecule has 0 amide bonds. The van der Waals surface area contributed by atoms with Crippen LogP contribution in [0.3, 0.4) is 0 Å². The Balaban J connectivity index is 2.05. The van der Waals surface area contributed by atoms with Gasteiger partial charge in [0.1, 0.15) is 12.2 Å². The van der Waals surface area contributed by atoms with Crippen LogP contribution in [-0.4, -0.2) is 25.6 Å². The molecule has 0 aliphatic heterocycles. The molecule has 2 aromatic rings. The second kappa shape index (κ2) is 4.07. The number of aryl methyl sites for hydroxylation is 1. The topological polar surface area (TPSA) is 69.1 Å². The van der Waals surface area contributed by atoms with Crippen LogP contribution in [0.25, 0.3) is 5.65 Å². The fourth-order valence-electron chi connectivity index (χ4n) is 2.64. The zero-order valence-electron chi connectivity index (χ0n) is 10.0. The highest BCUT2D eigenvalue weighted by Gasteiger charge is 2.27. The number of fused-ring (bicyclic) bond motifs is 1. The van der Waals surface area contributed by atoms with Crippen LogP contribution in [0.15, 0.2) is 12.4 Å². The van der Waals surface area contributed by atoms with Gasteiger partial charge in [-0.3, -0.25) is 4.40 Å². The zero-order valence-corrected chi connectivity index (χ0v) is 10.0. The summed E-state index contributed by atoms with van der Waals surface area (Å²) in [6.07, 6.45) is 6.45. The van der Waals surface area contributed by atoms with E-state index in [1.54, 1.807) is 6.33 Å². The third-order valence-electron chi connectivity index (χ3n) is 3.61. The average Bonchev–Trinajstić information content (AvgIpc) is 2.72. The van der Waals surface area contributed by atoms with Crippen molar-refractivity contribution in [3.8, 4) is 0 Å². The molecular weight excluding hydrogens is 214 g/mol. The molecule has 1 saturated carbocycles. The van der Waals surface area contributed by atoms with Crippen molar-refractivity contribution in [2.24, 2.45) is 5.73 Å². The molecule has 3 rings (SSSR count). The van der Waals surface area contributed by atoms with Crippen molar-refractivity contribution in [2.45, 2.75) is 44.6 Å². The van der Waals surface area contributed by atoms with Crippen molar-refractivity contribution >= 4 is 5.65 Å². The van der Waals surface area contributed by atoms with Crippen LogP contribution in [0.1, 0.15) is 43.1 Å². The molecule has 0 bridgehead atoms. The Labute approximate surface area is 100 Å². The molecule has 2 unspecified atom stereocenters. The number of nitrogens with two attached hydrogens (primary N) is 1. The molecule has 90 valence electrons. The highest BCUT2D eigenvalue weighted by molar-refractivity contribution is 5.38. The van der Waals surface area contributed by atoms with Gasteiger partial charge in [-0.15, -0.1) is 10.2 Å². The van der Waals surface area contributed by atoms with E-state index in [1.807, 2.05) is 17.4 Å². The zero-order chi connectivity index (χ0) is 11.8. The van der Waals surface area contributed by atoms with Crippen LogP contribution in [0, 0.1) is 6.92 Å². The second-order valence-corrected chi connectivity index (χ2v) is 4.87. The lowest BCUT2D eigenvalue weighted by molar-refractivity contribution is 0.371. The first-order chi connectivity index (χ1) is 8.25. The van der Waals surface area contributed by atoms with Gasteiger partial charge < -0.3 is 5.73 Å². The Hall–Kier alpha value is -1.49. The predicted octanol–water partition coefficient (Wildman–Crippen LogP) is 1.42. The molecule has 5 heteroatoms. The van der Waals surface area contributed by atoms with E-state index in [9.17, 15) is 0 Å². The molecule has 2 N–H and O–H groups in total. The highest BCUT2D eigenvalue weighted by Crippen LogP contribution is 2.30. The van der Waals surface area contributed by atoms with Gasteiger partial charge in [0.25, 0.3) is 0 Å². The predicted molar refractivity (Wildman–Crippen MR) is 64.7 cm³/mol. The monoisotopic (exact) mass is 231 g/mol. The van der Waals surface area contributed by atoms with Gasteiger partial charge in [0, 0.05) is 23.7 Å². The fourth-order valence-corrected chi connectivity index (χ4v) is 2.64. The number of nitrogens with zero attached hydrogens (tertiary/aromatic N) is 4. The van der Waals surface area contributed by atoms with Crippen LogP contribution in [0.5, 0.6) is 0 Å². The van der Waals surface area contributed by atoms with Crippen LogP contribution in [0.4, 0.5) is 0 Å². The fraction of sp³-hybridized carbons (Fsp3) is 0.583. The molecule has 17 heavy (non-hydrogen) atoms. The van der Waals surface area contributed by atoms with Crippen LogP contribution < -0.4 is 5.73 Å². The van der Waals surface area contributed by atoms with E-state index in [-0.39, 0.29) is 6.04 Å². The summed E-state index contributed by atoms with van der Waals surface area (Å²) in [6.45, 7) is 1.96. The van der Waals surface area contributed by atoms with Gasteiger partial charge in [0.15, 0.2) is 5.65 Å². The maximum Gasteiger partial charge on any atom is 0.163 e. The quantitative estimate of drug-likeness (QED) is 0.805. The summed E-state index contributed by atoms with van der Waals surface area (Å²) in [5.41, 5.74) is 8.02. The van der Waals surface area contributed by atoms with Gasteiger partial charge in [-0.2, -0.15) is 0 Å². The van der Waals surface area contributed by atoms with Gasteiger partial charge in [-0.05, 0) is 19.8 Å². The summed E-state index contributed by atoms with van der Waals surface area (Å²) in [7, 11) is 0. The maximum absolute atomic E-state index is 6.19. The molecule has 0 aromatic carbocycles.